The summed E-state index contributed by atoms with van der Waals surface area (Å²) in [4.78, 5) is 19.2. The normalized spacial score (nSPS) is 23.8. The van der Waals surface area contributed by atoms with Gasteiger partial charge in [-0.05, 0) is 36.6 Å². The first kappa shape index (κ1) is 26.2. The fourth-order valence-corrected chi connectivity index (χ4v) is 4.43. The SMILES string of the molecule is O=C(Oc1cc2n(c1)\C=C/C=C\C=C/C=C\C=C/C=C\NS/N=C\C1(CC1)N=C2)N1Cc2cccc(F)c2C1. The molecular weight excluding hydrogens is 513 g/mol. The number of nitrogens with zero attached hydrogens (tertiary/aromatic N) is 4. The molecule has 1 aliphatic carbocycles. The van der Waals surface area contributed by atoms with E-state index in [4.69, 9.17) is 9.73 Å². The molecule has 3 aliphatic rings. The minimum atomic E-state index is -0.527. The summed E-state index contributed by atoms with van der Waals surface area (Å²) in [6, 6.07) is 6.65. The molecule has 1 aromatic heterocycles. The molecule has 39 heavy (non-hydrogen) atoms. The Hall–Kier alpha value is -4.37. The summed E-state index contributed by atoms with van der Waals surface area (Å²) >= 11 is 1.24. The molecule has 2 aromatic rings. The van der Waals surface area contributed by atoms with Crippen molar-refractivity contribution in [1.29, 1.82) is 0 Å². The van der Waals surface area contributed by atoms with Crippen LogP contribution in [0.5, 0.6) is 5.75 Å². The van der Waals surface area contributed by atoms with Crippen LogP contribution in [0.1, 0.15) is 29.7 Å². The van der Waals surface area contributed by atoms with Crippen molar-refractivity contribution in [3.63, 3.8) is 0 Å². The van der Waals surface area contributed by atoms with Gasteiger partial charge in [0.05, 0.1) is 36.1 Å². The van der Waals surface area contributed by atoms with Crippen LogP contribution in [-0.2, 0) is 13.1 Å². The van der Waals surface area contributed by atoms with Crippen molar-refractivity contribution in [3.05, 3.63) is 120 Å². The first-order valence-corrected chi connectivity index (χ1v) is 13.4. The van der Waals surface area contributed by atoms with Crippen LogP contribution in [0.2, 0.25) is 0 Å². The van der Waals surface area contributed by atoms with Crippen LogP contribution in [-0.4, -0.2) is 33.5 Å². The van der Waals surface area contributed by atoms with Crippen molar-refractivity contribution in [1.82, 2.24) is 14.2 Å². The zero-order valence-electron chi connectivity index (χ0n) is 21.2. The van der Waals surface area contributed by atoms with E-state index in [2.05, 4.69) is 9.12 Å². The van der Waals surface area contributed by atoms with Gasteiger partial charge in [-0.1, -0.05) is 60.7 Å². The molecule has 0 unspecified atom stereocenters. The molecule has 3 heterocycles. The van der Waals surface area contributed by atoms with Gasteiger partial charge in [0.25, 0.3) is 0 Å². The Kier molecular flexibility index (Phi) is 8.38. The van der Waals surface area contributed by atoms with Gasteiger partial charge in [-0.25, -0.2) is 13.6 Å². The molecule has 0 radical (unpaired) electrons. The zero-order valence-corrected chi connectivity index (χ0v) is 22.0. The predicted octanol–water partition coefficient (Wildman–Crippen LogP) is 6.54. The number of carbonyl (C=O) groups excluding carboxylic acids is 1. The van der Waals surface area contributed by atoms with Crippen molar-refractivity contribution in [2.75, 3.05) is 0 Å². The second kappa shape index (κ2) is 12.4. The molecule has 2 aliphatic heterocycles. The van der Waals surface area contributed by atoms with Crippen LogP contribution in [0.15, 0.2) is 107 Å². The summed E-state index contributed by atoms with van der Waals surface area (Å²) in [6.45, 7) is 0.499. The lowest BCUT2D eigenvalue weighted by atomic mass is 10.1. The van der Waals surface area contributed by atoms with E-state index in [1.54, 1.807) is 24.5 Å². The molecule has 1 aromatic carbocycles. The van der Waals surface area contributed by atoms with Gasteiger partial charge < -0.3 is 14.0 Å². The first-order valence-electron chi connectivity index (χ1n) is 12.6. The molecule has 1 fully saturated rings. The maximum Gasteiger partial charge on any atom is 0.415 e. The number of hydrogen-bond acceptors (Lipinski definition) is 6. The highest BCUT2D eigenvalue weighted by atomic mass is 32.2. The van der Waals surface area contributed by atoms with E-state index in [-0.39, 0.29) is 17.9 Å². The number of aromatic nitrogens is 1. The van der Waals surface area contributed by atoms with Crippen LogP contribution in [0.4, 0.5) is 9.18 Å². The molecule has 0 bridgehead atoms. The second-order valence-corrected chi connectivity index (χ2v) is 9.78. The van der Waals surface area contributed by atoms with Gasteiger partial charge in [0.1, 0.15) is 5.82 Å². The molecule has 9 heteroatoms. The van der Waals surface area contributed by atoms with E-state index < -0.39 is 6.09 Å². The van der Waals surface area contributed by atoms with Crippen molar-refractivity contribution in [2.24, 2.45) is 9.39 Å². The van der Waals surface area contributed by atoms with Gasteiger partial charge in [0, 0.05) is 43.0 Å². The van der Waals surface area contributed by atoms with Gasteiger partial charge in [0.15, 0.2) is 5.75 Å². The van der Waals surface area contributed by atoms with E-state index in [1.165, 1.54) is 23.1 Å². The van der Waals surface area contributed by atoms with Gasteiger partial charge in [-0.15, -0.1) is 0 Å². The fraction of sp³-hybridized carbons (Fsp3) is 0.167. The molecule has 198 valence electrons. The van der Waals surface area contributed by atoms with Crippen LogP contribution in [0.25, 0.3) is 6.20 Å². The van der Waals surface area contributed by atoms with Crippen LogP contribution in [0, 0.1) is 5.82 Å². The number of rotatable bonds is 1. The molecule has 1 saturated carbocycles. The highest BCUT2D eigenvalue weighted by Gasteiger charge is 2.40. The lowest BCUT2D eigenvalue weighted by Gasteiger charge is -2.14. The minimum Gasteiger partial charge on any atom is -0.409 e. The molecule has 1 spiro atoms. The summed E-state index contributed by atoms with van der Waals surface area (Å²) in [7, 11) is 0. The summed E-state index contributed by atoms with van der Waals surface area (Å²) in [5.74, 6) is 0.0730. The van der Waals surface area contributed by atoms with Crippen LogP contribution < -0.4 is 9.46 Å². The molecule has 1 amide bonds. The molecular formula is C30H28FN5O2S. The van der Waals surface area contributed by atoms with E-state index in [0.29, 0.717) is 17.9 Å². The molecule has 5 rings (SSSR count). The van der Waals surface area contributed by atoms with Gasteiger partial charge >= 0.3 is 6.09 Å². The third-order valence-corrected chi connectivity index (χ3v) is 6.72. The number of fused-ring (bicyclic) bond motifs is 2. The Morgan fingerprint density at radius 3 is 2.49 bits per heavy atom. The second-order valence-electron chi connectivity index (χ2n) is 9.16. The number of amides is 1. The van der Waals surface area contributed by atoms with Crippen molar-refractivity contribution in [2.45, 2.75) is 31.5 Å². The average molecular weight is 542 g/mol. The Labute approximate surface area is 231 Å². The molecule has 0 atom stereocenters. The lowest BCUT2D eigenvalue weighted by molar-refractivity contribution is 0.152. The van der Waals surface area contributed by atoms with Gasteiger partial charge in [-0.2, -0.15) is 0 Å². The number of aliphatic imine (C=N–C) groups is 1. The number of allylic oxidation sites excluding steroid dienone is 10. The number of halogens is 1. The van der Waals surface area contributed by atoms with Crippen molar-refractivity contribution >= 4 is 36.9 Å². The number of hydrogen-bond donors (Lipinski definition) is 1. The maximum absolute atomic E-state index is 14.1. The predicted molar refractivity (Wildman–Crippen MR) is 156 cm³/mol. The topological polar surface area (TPSA) is 71.2 Å². The van der Waals surface area contributed by atoms with E-state index >= 15 is 0 Å². The quantitative estimate of drug-likeness (QED) is 0.416. The lowest BCUT2D eigenvalue weighted by Crippen LogP contribution is -2.28. The third-order valence-electron chi connectivity index (χ3n) is 6.27. The van der Waals surface area contributed by atoms with E-state index in [0.717, 1.165) is 24.1 Å². The highest BCUT2D eigenvalue weighted by Crippen LogP contribution is 2.38. The van der Waals surface area contributed by atoms with Gasteiger partial charge in [0.2, 0.25) is 0 Å². The van der Waals surface area contributed by atoms with Crippen molar-refractivity contribution < 1.29 is 13.9 Å². The molecule has 0 saturated heterocycles. The summed E-state index contributed by atoms with van der Waals surface area (Å²) in [5.41, 5.74) is 1.76. The Morgan fingerprint density at radius 2 is 1.74 bits per heavy atom. The smallest absolute Gasteiger partial charge is 0.409 e. The van der Waals surface area contributed by atoms with Crippen molar-refractivity contribution in [3.8, 4) is 5.75 Å². The highest BCUT2D eigenvalue weighted by molar-refractivity contribution is 7.96. The Bertz CT molecular complexity index is 1440. The van der Waals surface area contributed by atoms with E-state index in [1.807, 2.05) is 90.0 Å². The van der Waals surface area contributed by atoms with Crippen LogP contribution in [0.3, 0.4) is 0 Å². The Balaban J connectivity index is 1.34. The first-order chi connectivity index (χ1) is 19.1. The maximum atomic E-state index is 14.1. The minimum absolute atomic E-state index is 0.185. The molecule has 7 nitrogen and oxygen atoms in total. The largest absolute Gasteiger partial charge is 0.415 e. The average Bonchev–Trinajstić information content (AvgIpc) is 3.37. The number of benzene rings is 1. The summed E-state index contributed by atoms with van der Waals surface area (Å²) < 4.78 is 29.1. The summed E-state index contributed by atoms with van der Waals surface area (Å²) in [6.07, 6.45) is 29.6. The van der Waals surface area contributed by atoms with Gasteiger partial charge in [-0.3, -0.25) is 9.89 Å². The number of carbonyl (C=O) groups is 1. The van der Waals surface area contributed by atoms with Crippen LogP contribution >= 0.6 is 12.1 Å². The Morgan fingerprint density at radius 1 is 1.00 bits per heavy atom. The zero-order chi connectivity index (χ0) is 26.9. The fourth-order valence-electron chi connectivity index (χ4n) is 3.98. The number of ether oxygens (including phenoxy) is 1. The standard InChI is InChI=1S/C30H28FN5O2S/c31-28-13-11-12-24-20-36(22-27(24)28)29(37)38-26-18-25-19-32-30(14-15-30)23-34-39-33-16-9-7-5-3-1-2-4-6-8-10-17-35(25)21-26/h1-13,16-19,21,23,33H,14-15,20,22H2/b3-1-,4-2-,7-5-,8-6-,16-9-,17-10-,32-19?,34-23-. The number of nitrogens with one attached hydrogen (secondary N) is 1. The van der Waals surface area contributed by atoms with E-state index in [9.17, 15) is 9.18 Å². The molecule has 1 N–H and O–H groups in total. The monoisotopic (exact) mass is 541 g/mol. The third kappa shape index (κ3) is 7.14. The summed E-state index contributed by atoms with van der Waals surface area (Å²) in [5, 5.41) is 0.